The molecule has 0 radical (unpaired) electrons. The van der Waals surface area contributed by atoms with Crippen LogP contribution in [0.4, 0.5) is 0 Å². The Hall–Kier alpha value is -0.440. The van der Waals surface area contributed by atoms with Gasteiger partial charge in [-0.05, 0) is 23.9 Å². The molecule has 0 aliphatic carbocycles. The van der Waals surface area contributed by atoms with Gasteiger partial charge in [-0.25, -0.2) is 0 Å². The third-order valence-corrected chi connectivity index (χ3v) is 2.33. The number of hydrogen-bond donors (Lipinski definition) is 0. The first kappa shape index (κ1) is 7.66. The fraction of sp³-hybridized carbons (Fsp3) is 0.714. The van der Waals surface area contributed by atoms with Crippen molar-refractivity contribution in [1.29, 1.82) is 0 Å². The lowest BCUT2D eigenvalue weighted by Gasteiger charge is -1.99. The Kier molecular flexibility index (Phi) is 2.38. The highest BCUT2D eigenvalue weighted by Gasteiger charge is 2.08. The first-order valence-corrected chi connectivity index (χ1v) is 4.34. The number of rotatable bonds is 2. The molecule has 10 heavy (non-hydrogen) atoms. The van der Waals surface area contributed by atoms with E-state index in [1.54, 1.807) is 0 Å². The van der Waals surface area contributed by atoms with Crippen molar-refractivity contribution in [2.75, 3.05) is 0 Å². The van der Waals surface area contributed by atoms with Crippen LogP contribution in [0.1, 0.15) is 37.3 Å². The minimum atomic E-state index is 0.522. The van der Waals surface area contributed by atoms with E-state index in [0.29, 0.717) is 5.92 Å². The Morgan fingerprint density at radius 3 is 2.60 bits per heavy atom. The van der Waals surface area contributed by atoms with Crippen molar-refractivity contribution >= 4 is 11.5 Å². The third-order valence-electron chi connectivity index (χ3n) is 1.45. The maximum absolute atomic E-state index is 4.06. The van der Waals surface area contributed by atoms with Crippen LogP contribution in [0.5, 0.6) is 0 Å². The molecule has 0 unspecified atom stereocenters. The van der Waals surface area contributed by atoms with Crippen molar-refractivity contribution in [3.8, 4) is 0 Å². The molecule has 1 aromatic rings. The molecule has 1 heterocycles. The Labute approximate surface area is 65.4 Å². The van der Waals surface area contributed by atoms with Gasteiger partial charge < -0.3 is 0 Å². The Bertz CT molecular complexity index is 205. The molecule has 0 atom stereocenters. The van der Waals surface area contributed by atoms with Gasteiger partial charge in [-0.15, -0.1) is 5.10 Å². The zero-order valence-corrected chi connectivity index (χ0v) is 7.40. The summed E-state index contributed by atoms with van der Waals surface area (Å²) in [5.41, 5.74) is 1.17. The molecular formula is C7H12N2S. The molecular weight excluding hydrogens is 144 g/mol. The first-order valence-electron chi connectivity index (χ1n) is 3.56. The van der Waals surface area contributed by atoms with Crippen molar-refractivity contribution in [2.45, 2.75) is 33.1 Å². The summed E-state index contributed by atoms with van der Waals surface area (Å²) in [4.78, 5) is 1.33. The highest BCUT2D eigenvalue weighted by molar-refractivity contribution is 7.05. The van der Waals surface area contributed by atoms with Gasteiger partial charge in [0.15, 0.2) is 0 Å². The van der Waals surface area contributed by atoms with Crippen molar-refractivity contribution < 1.29 is 0 Å². The van der Waals surface area contributed by atoms with Crippen LogP contribution in [0.15, 0.2) is 0 Å². The number of hydrogen-bond acceptors (Lipinski definition) is 3. The molecule has 0 bridgehead atoms. The lowest BCUT2D eigenvalue weighted by atomic mass is 10.1. The van der Waals surface area contributed by atoms with Gasteiger partial charge in [0, 0.05) is 4.88 Å². The SMILES string of the molecule is CCc1snnc1C(C)C. The Balaban J connectivity index is 2.90. The fourth-order valence-corrected chi connectivity index (χ4v) is 1.63. The highest BCUT2D eigenvalue weighted by Crippen LogP contribution is 2.19. The van der Waals surface area contributed by atoms with E-state index >= 15 is 0 Å². The van der Waals surface area contributed by atoms with Crippen LogP contribution in [0.3, 0.4) is 0 Å². The normalized spacial score (nSPS) is 10.8. The second kappa shape index (κ2) is 3.10. The molecule has 1 aromatic heterocycles. The van der Waals surface area contributed by atoms with Crippen molar-refractivity contribution in [1.82, 2.24) is 9.59 Å². The standard InChI is InChI=1S/C7H12N2S/c1-4-6-7(5(2)3)8-9-10-6/h5H,4H2,1-3H3. The largest absolute Gasteiger partial charge is 0.143 e. The van der Waals surface area contributed by atoms with Gasteiger partial charge in [0.1, 0.15) is 0 Å². The van der Waals surface area contributed by atoms with Gasteiger partial charge in [-0.3, -0.25) is 0 Å². The molecule has 0 aromatic carbocycles. The van der Waals surface area contributed by atoms with E-state index in [9.17, 15) is 0 Å². The van der Waals surface area contributed by atoms with E-state index in [2.05, 4.69) is 30.4 Å². The van der Waals surface area contributed by atoms with Crippen LogP contribution in [0.25, 0.3) is 0 Å². The molecule has 0 amide bonds. The van der Waals surface area contributed by atoms with Crippen molar-refractivity contribution in [2.24, 2.45) is 0 Å². The average Bonchev–Trinajstić information content (AvgIpc) is 2.33. The Morgan fingerprint density at radius 1 is 1.50 bits per heavy atom. The van der Waals surface area contributed by atoms with Crippen LogP contribution in [0, 0.1) is 0 Å². The van der Waals surface area contributed by atoms with Gasteiger partial charge in [0.2, 0.25) is 0 Å². The molecule has 0 N–H and O–H groups in total. The average molecular weight is 156 g/mol. The molecule has 0 saturated heterocycles. The van der Waals surface area contributed by atoms with E-state index in [-0.39, 0.29) is 0 Å². The molecule has 1 rings (SSSR count). The van der Waals surface area contributed by atoms with E-state index in [1.165, 1.54) is 22.1 Å². The van der Waals surface area contributed by atoms with Gasteiger partial charge in [0.05, 0.1) is 5.69 Å². The second-order valence-corrected chi connectivity index (χ2v) is 3.43. The van der Waals surface area contributed by atoms with Crippen LogP contribution in [-0.4, -0.2) is 9.59 Å². The van der Waals surface area contributed by atoms with E-state index in [4.69, 9.17) is 0 Å². The molecule has 0 aliphatic rings. The lowest BCUT2D eigenvalue weighted by Crippen LogP contribution is -1.91. The van der Waals surface area contributed by atoms with Gasteiger partial charge in [-0.2, -0.15) is 0 Å². The zero-order chi connectivity index (χ0) is 7.56. The monoisotopic (exact) mass is 156 g/mol. The second-order valence-electron chi connectivity index (χ2n) is 2.59. The summed E-state index contributed by atoms with van der Waals surface area (Å²) in [5, 5.41) is 4.06. The molecule has 0 spiro atoms. The minimum Gasteiger partial charge on any atom is -0.143 e. The molecule has 0 saturated carbocycles. The van der Waals surface area contributed by atoms with Crippen molar-refractivity contribution in [3.63, 3.8) is 0 Å². The maximum atomic E-state index is 4.06. The van der Waals surface area contributed by atoms with Crippen LogP contribution in [-0.2, 0) is 6.42 Å². The van der Waals surface area contributed by atoms with Crippen LogP contribution in [0.2, 0.25) is 0 Å². The van der Waals surface area contributed by atoms with E-state index in [1.807, 2.05) is 0 Å². The molecule has 0 fully saturated rings. The molecule has 3 heteroatoms. The summed E-state index contributed by atoms with van der Waals surface area (Å²) in [7, 11) is 0. The van der Waals surface area contributed by atoms with Crippen LogP contribution < -0.4 is 0 Å². The fourth-order valence-electron chi connectivity index (χ4n) is 0.899. The molecule has 0 aliphatic heterocycles. The van der Waals surface area contributed by atoms with Gasteiger partial charge in [0.25, 0.3) is 0 Å². The number of nitrogens with zero attached hydrogens (tertiary/aromatic N) is 2. The van der Waals surface area contributed by atoms with Crippen LogP contribution >= 0.6 is 11.5 Å². The molecule has 2 nitrogen and oxygen atoms in total. The zero-order valence-electron chi connectivity index (χ0n) is 6.59. The van der Waals surface area contributed by atoms with Gasteiger partial charge >= 0.3 is 0 Å². The van der Waals surface area contributed by atoms with E-state index in [0.717, 1.165) is 6.42 Å². The highest BCUT2D eigenvalue weighted by atomic mass is 32.1. The summed E-state index contributed by atoms with van der Waals surface area (Å²) in [6, 6.07) is 0. The van der Waals surface area contributed by atoms with E-state index < -0.39 is 0 Å². The predicted molar refractivity (Wildman–Crippen MR) is 43.4 cm³/mol. The maximum Gasteiger partial charge on any atom is 0.0812 e. The quantitative estimate of drug-likeness (QED) is 0.656. The van der Waals surface area contributed by atoms with Crippen molar-refractivity contribution in [3.05, 3.63) is 10.6 Å². The summed E-state index contributed by atoms with van der Waals surface area (Å²) >= 11 is 1.52. The lowest BCUT2D eigenvalue weighted by molar-refractivity contribution is 0.797. The summed E-state index contributed by atoms with van der Waals surface area (Å²) < 4.78 is 3.91. The smallest absolute Gasteiger partial charge is 0.0812 e. The third kappa shape index (κ3) is 1.34. The minimum absolute atomic E-state index is 0.522. The summed E-state index contributed by atoms with van der Waals surface area (Å²) in [6.07, 6.45) is 1.06. The number of aryl methyl sites for hydroxylation is 1. The first-order chi connectivity index (χ1) is 4.75. The Morgan fingerprint density at radius 2 is 2.20 bits per heavy atom. The predicted octanol–water partition coefficient (Wildman–Crippen LogP) is 2.22. The topological polar surface area (TPSA) is 25.8 Å². The number of aromatic nitrogens is 2. The summed E-state index contributed by atoms with van der Waals surface area (Å²) in [6.45, 7) is 6.44. The molecule has 56 valence electrons. The summed E-state index contributed by atoms with van der Waals surface area (Å²) in [5.74, 6) is 0.522. The van der Waals surface area contributed by atoms with Gasteiger partial charge in [-0.1, -0.05) is 25.3 Å².